The van der Waals surface area contributed by atoms with E-state index in [4.69, 9.17) is 0 Å². The van der Waals surface area contributed by atoms with Crippen molar-refractivity contribution in [1.29, 1.82) is 0 Å². The Morgan fingerprint density at radius 3 is 3.06 bits per heavy atom. The lowest BCUT2D eigenvalue weighted by molar-refractivity contribution is 0.0938. The molecule has 2 rings (SSSR count). The van der Waals surface area contributed by atoms with Crippen LogP contribution in [-0.2, 0) is 0 Å². The summed E-state index contributed by atoms with van der Waals surface area (Å²) >= 11 is 0. The van der Waals surface area contributed by atoms with E-state index in [1.54, 1.807) is 25.3 Å². The van der Waals surface area contributed by atoms with Crippen molar-refractivity contribution in [2.24, 2.45) is 0 Å². The Balaban J connectivity index is 2.03. The molecule has 0 aliphatic heterocycles. The Morgan fingerprint density at radius 1 is 1.56 bits per heavy atom. The van der Waals surface area contributed by atoms with Crippen molar-refractivity contribution in [2.75, 3.05) is 0 Å². The second-order valence-corrected chi connectivity index (χ2v) is 3.21. The molecular formula is C9H10N6O. The highest BCUT2D eigenvalue weighted by molar-refractivity contribution is 5.93. The van der Waals surface area contributed by atoms with Crippen LogP contribution in [0.15, 0.2) is 24.5 Å². The lowest BCUT2D eigenvalue weighted by Crippen LogP contribution is -2.27. The van der Waals surface area contributed by atoms with Crippen LogP contribution in [0.25, 0.3) is 0 Å². The maximum Gasteiger partial charge on any atom is 0.253 e. The maximum atomic E-state index is 11.7. The molecule has 0 bridgehead atoms. The Kier molecular flexibility index (Phi) is 2.86. The number of carbonyl (C=O) groups excluding carboxylic acids is 1. The zero-order valence-corrected chi connectivity index (χ0v) is 8.58. The molecule has 2 aromatic heterocycles. The molecule has 0 spiro atoms. The molecule has 16 heavy (non-hydrogen) atoms. The van der Waals surface area contributed by atoms with E-state index in [-0.39, 0.29) is 11.9 Å². The minimum Gasteiger partial charge on any atom is -0.342 e. The van der Waals surface area contributed by atoms with Gasteiger partial charge in [0.25, 0.3) is 5.91 Å². The van der Waals surface area contributed by atoms with E-state index in [0.29, 0.717) is 11.4 Å². The number of rotatable bonds is 3. The molecule has 7 nitrogen and oxygen atoms in total. The number of amides is 1. The number of hydrogen-bond acceptors (Lipinski definition) is 5. The summed E-state index contributed by atoms with van der Waals surface area (Å²) in [6.07, 6.45) is 3.11. The molecule has 0 aliphatic rings. The number of aromatic nitrogens is 5. The molecule has 0 aromatic carbocycles. The average Bonchev–Trinajstić information content (AvgIpc) is 2.83. The lowest BCUT2D eigenvalue weighted by atomic mass is 10.2. The molecule has 1 amide bonds. The largest absolute Gasteiger partial charge is 0.342 e. The Labute approximate surface area is 91.3 Å². The summed E-state index contributed by atoms with van der Waals surface area (Å²) < 4.78 is 0. The van der Waals surface area contributed by atoms with Crippen LogP contribution >= 0.6 is 0 Å². The lowest BCUT2D eigenvalue weighted by Gasteiger charge is -2.09. The number of hydrogen-bond donors (Lipinski definition) is 2. The second-order valence-electron chi connectivity index (χ2n) is 3.21. The van der Waals surface area contributed by atoms with Crippen molar-refractivity contribution in [2.45, 2.75) is 13.0 Å². The molecule has 1 unspecified atom stereocenters. The third-order valence-electron chi connectivity index (χ3n) is 2.02. The van der Waals surface area contributed by atoms with Gasteiger partial charge >= 0.3 is 0 Å². The van der Waals surface area contributed by atoms with Crippen molar-refractivity contribution in [3.8, 4) is 0 Å². The quantitative estimate of drug-likeness (QED) is 0.760. The van der Waals surface area contributed by atoms with Crippen LogP contribution in [0.4, 0.5) is 0 Å². The number of nitrogens with one attached hydrogen (secondary N) is 2. The van der Waals surface area contributed by atoms with Crippen LogP contribution < -0.4 is 5.32 Å². The minimum absolute atomic E-state index is 0.217. The number of aromatic amines is 1. The minimum atomic E-state index is -0.300. The standard InChI is InChI=1S/C9H10N6O/c1-6(8-12-14-15-13-8)11-9(16)7-3-2-4-10-5-7/h2-6H,1H3,(H,11,16)(H,12,13,14,15). The second kappa shape index (κ2) is 4.47. The van der Waals surface area contributed by atoms with Crippen LogP contribution in [0.5, 0.6) is 0 Å². The molecule has 0 fully saturated rings. The SMILES string of the molecule is CC(NC(=O)c1cccnc1)c1nn[nH]n1. The van der Waals surface area contributed by atoms with Crippen LogP contribution in [-0.4, -0.2) is 31.5 Å². The van der Waals surface area contributed by atoms with E-state index in [1.165, 1.54) is 6.20 Å². The first-order valence-electron chi connectivity index (χ1n) is 4.71. The third kappa shape index (κ3) is 2.19. The summed E-state index contributed by atoms with van der Waals surface area (Å²) in [7, 11) is 0. The fourth-order valence-electron chi connectivity index (χ4n) is 1.19. The molecule has 2 heterocycles. The summed E-state index contributed by atoms with van der Waals surface area (Å²) in [6.45, 7) is 1.78. The molecule has 7 heteroatoms. The van der Waals surface area contributed by atoms with E-state index < -0.39 is 0 Å². The molecule has 0 radical (unpaired) electrons. The fourth-order valence-corrected chi connectivity index (χ4v) is 1.19. The average molecular weight is 218 g/mol. The van der Waals surface area contributed by atoms with E-state index >= 15 is 0 Å². The van der Waals surface area contributed by atoms with Gasteiger partial charge in [-0.1, -0.05) is 5.21 Å². The van der Waals surface area contributed by atoms with Crippen LogP contribution in [0.3, 0.4) is 0 Å². The topological polar surface area (TPSA) is 96.5 Å². The molecule has 2 aromatic rings. The van der Waals surface area contributed by atoms with Gasteiger partial charge in [-0.2, -0.15) is 5.21 Å². The first-order valence-corrected chi connectivity index (χ1v) is 4.71. The zero-order valence-electron chi connectivity index (χ0n) is 8.58. The van der Waals surface area contributed by atoms with E-state index in [1.807, 2.05) is 0 Å². The summed E-state index contributed by atoms with van der Waals surface area (Å²) in [5, 5.41) is 16.1. The summed E-state index contributed by atoms with van der Waals surface area (Å²) in [5.74, 6) is 0.225. The summed E-state index contributed by atoms with van der Waals surface area (Å²) in [4.78, 5) is 15.6. The van der Waals surface area contributed by atoms with Crippen molar-refractivity contribution in [3.63, 3.8) is 0 Å². The Hall–Kier alpha value is -2.31. The highest BCUT2D eigenvalue weighted by Gasteiger charge is 2.14. The number of tetrazole rings is 1. The van der Waals surface area contributed by atoms with Crippen molar-refractivity contribution in [3.05, 3.63) is 35.9 Å². The predicted octanol–water partition coefficient (Wildman–Crippen LogP) is 0.0857. The normalized spacial score (nSPS) is 12.1. The fraction of sp³-hybridized carbons (Fsp3) is 0.222. The van der Waals surface area contributed by atoms with Gasteiger partial charge in [-0.05, 0) is 19.1 Å². The molecular weight excluding hydrogens is 208 g/mol. The molecule has 0 saturated heterocycles. The van der Waals surface area contributed by atoms with Gasteiger partial charge in [-0.15, -0.1) is 10.2 Å². The zero-order chi connectivity index (χ0) is 11.4. The van der Waals surface area contributed by atoms with Gasteiger partial charge in [0.1, 0.15) is 0 Å². The van der Waals surface area contributed by atoms with Crippen LogP contribution in [0, 0.1) is 0 Å². The Morgan fingerprint density at radius 2 is 2.44 bits per heavy atom. The molecule has 1 atom stereocenters. The number of H-pyrrole nitrogens is 1. The summed E-state index contributed by atoms with van der Waals surface area (Å²) in [6, 6.07) is 3.09. The van der Waals surface area contributed by atoms with Crippen LogP contribution in [0.2, 0.25) is 0 Å². The van der Waals surface area contributed by atoms with Gasteiger partial charge in [0.2, 0.25) is 0 Å². The highest BCUT2D eigenvalue weighted by atomic mass is 16.1. The molecule has 0 aliphatic carbocycles. The van der Waals surface area contributed by atoms with Crippen LogP contribution in [0.1, 0.15) is 29.1 Å². The van der Waals surface area contributed by atoms with E-state index in [9.17, 15) is 4.79 Å². The van der Waals surface area contributed by atoms with E-state index in [2.05, 4.69) is 30.9 Å². The van der Waals surface area contributed by atoms with Gasteiger partial charge in [0, 0.05) is 12.4 Å². The van der Waals surface area contributed by atoms with E-state index in [0.717, 1.165) is 0 Å². The Bertz CT molecular complexity index is 454. The molecule has 0 saturated carbocycles. The summed E-state index contributed by atoms with van der Waals surface area (Å²) in [5.41, 5.74) is 0.498. The predicted molar refractivity (Wildman–Crippen MR) is 54.3 cm³/mol. The maximum absolute atomic E-state index is 11.7. The first kappa shape index (κ1) is 10.2. The highest BCUT2D eigenvalue weighted by Crippen LogP contribution is 2.05. The van der Waals surface area contributed by atoms with Gasteiger partial charge < -0.3 is 5.32 Å². The monoisotopic (exact) mass is 218 g/mol. The number of pyridine rings is 1. The third-order valence-corrected chi connectivity index (χ3v) is 2.02. The first-order chi connectivity index (χ1) is 7.77. The number of carbonyl (C=O) groups is 1. The van der Waals surface area contributed by atoms with Gasteiger partial charge in [0.05, 0.1) is 11.6 Å². The van der Waals surface area contributed by atoms with Gasteiger partial charge in [0.15, 0.2) is 5.82 Å². The number of nitrogens with zero attached hydrogens (tertiary/aromatic N) is 4. The molecule has 2 N–H and O–H groups in total. The molecule has 82 valence electrons. The smallest absolute Gasteiger partial charge is 0.253 e. The van der Waals surface area contributed by atoms with Gasteiger partial charge in [-0.3, -0.25) is 9.78 Å². The van der Waals surface area contributed by atoms with Gasteiger partial charge in [-0.25, -0.2) is 0 Å². The van der Waals surface area contributed by atoms with Crippen molar-refractivity contribution in [1.82, 2.24) is 30.9 Å². The van der Waals surface area contributed by atoms with Crippen molar-refractivity contribution < 1.29 is 4.79 Å². The van der Waals surface area contributed by atoms with Crippen molar-refractivity contribution >= 4 is 5.91 Å².